The van der Waals surface area contributed by atoms with Crippen LogP contribution in [0.3, 0.4) is 0 Å². The number of carbonyl (C=O) groups is 2. The van der Waals surface area contributed by atoms with Crippen molar-refractivity contribution < 1.29 is 14.0 Å². The van der Waals surface area contributed by atoms with Gasteiger partial charge in [0, 0.05) is 31.6 Å². The van der Waals surface area contributed by atoms with E-state index < -0.39 is 0 Å². The molecule has 0 atom stereocenters. The number of aryl methyl sites for hydroxylation is 5. The number of carbonyl (C=O) groups excluding carboxylic acids is 2. The van der Waals surface area contributed by atoms with Gasteiger partial charge in [-0.2, -0.15) is 5.10 Å². The van der Waals surface area contributed by atoms with Gasteiger partial charge in [-0.1, -0.05) is 12.1 Å². The second-order valence-electron chi connectivity index (χ2n) is 6.90. The van der Waals surface area contributed by atoms with E-state index in [-0.39, 0.29) is 11.8 Å². The van der Waals surface area contributed by atoms with Crippen LogP contribution in [0.5, 0.6) is 0 Å². The average molecular weight is 379 g/mol. The molecular weight excluding hydrogens is 358 g/mol. The van der Waals surface area contributed by atoms with Crippen LogP contribution in [-0.4, -0.2) is 43.2 Å². The molecule has 0 saturated heterocycles. The molecule has 0 saturated carbocycles. The van der Waals surface area contributed by atoms with Gasteiger partial charge in [0.05, 0.1) is 16.8 Å². The summed E-state index contributed by atoms with van der Waals surface area (Å²) in [6.45, 7) is 4.98. The highest BCUT2D eigenvalue weighted by molar-refractivity contribution is 6.21. The minimum atomic E-state index is -0.239. The van der Waals surface area contributed by atoms with E-state index in [9.17, 15) is 9.59 Å². The Kier molecular flexibility index (Phi) is 4.77. The van der Waals surface area contributed by atoms with Crippen LogP contribution in [0.2, 0.25) is 0 Å². The van der Waals surface area contributed by atoms with Crippen LogP contribution < -0.4 is 0 Å². The first-order valence-electron chi connectivity index (χ1n) is 9.30. The second kappa shape index (κ2) is 7.38. The molecule has 3 aromatic rings. The quantitative estimate of drug-likeness (QED) is 0.585. The molecular formula is C20H21N5O3. The topological polar surface area (TPSA) is 94.1 Å². The lowest BCUT2D eigenvalue weighted by Crippen LogP contribution is -2.30. The number of benzene rings is 1. The van der Waals surface area contributed by atoms with Gasteiger partial charge in [-0.15, -0.1) is 10.2 Å². The Morgan fingerprint density at radius 3 is 2.18 bits per heavy atom. The smallest absolute Gasteiger partial charge is 0.261 e. The van der Waals surface area contributed by atoms with E-state index in [1.807, 2.05) is 24.6 Å². The fraction of sp³-hybridized carbons (Fsp3) is 0.350. The van der Waals surface area contributed by atoms with Crippen LogP contribution in [0.15, 0.2) is 34.7 Å². The van der Waals surface area contributed by atoms with Crippen molar-refractivity contribution >= 4 is 11.8 Å². The zero-order chi connectivity index (χ0) is 19.7. The number of rotatable bonds is 7. The van der Waals surface area contributed by atoms with Crippen molar-refractivity contribution in [1.82, 2.24) is 24.9 Å². The third-order valence-corrected chi connectivity index (χ3v) is 4.80. The molecule has 1 aromatic carbocycles. The van der Waals surface area contributed by atoms with E-state index in [2.05, 4.69) is 15.3 Å². The van der Waals surface area contributed by atoms with Crippen molar-refractivity contribution in [2.75, 3.05) is 6.54 Å². The summed E-state index contributed by atoms with van der Waals surface area (Å²) in [5.74, 6) is 0.594. The summed E-state index contributed by atoms with van der Waals surface area (Å²) in [6.07, 6.45) is 1.69. The molecule has 8 heteroatoms. The van der Waals surface area contributed by atoms with Gasteiger partial charge >= 0.3 is 0 Å². The molecule has 0 unspecified atom stereocenters. The summed E-state index contributed by atoms with van der Waals surface area (Å²) in [5.41, 5.74) is 3.02. The van der Waals surface area contributed by atoms with Crippen LogP contribution in [0.4, 0.5) is 0 Å². The Labute approximate surface area is 162 Å². The first-order valence-corrected chi connectivity index (χ1v) is 9.30. The molecule has 28 heavy (non-hydrogen) atoms. The summed E-state index contributed by atoms with van der Waals surface area (Å²) >= 11 is 0. The monoisotopic (exact) mass is 379 g/mol. The van der Waals surface area contributed by atoms with E-state index in [1.54, 1.807) is 24.3 Å². The molecule has 0 radical (unpaired) electrons. The van der Waals surface area contributed by atoms with Crippen molar-refractivity contribution in [1.29, 1.82) is 0 Å². The fourth-order valence-corrected chi connectivity index (χ4v) is 3.42. The molecule has 0 spiro atoms. The highest BCUT2D eigenvalue weighted by Crippen LogP contribution is 2.22. The van der Waals surface area contributed by atoms with Gasteiger partial charge in [-0.05, 0) is 38.5 Å². The summed E-state index contributed by atoms with van der Waals surface area (Å²) in [4.78, 5) is 26.0. The van der Waals surface area contributed by atoms with Crippen molar-refractivity contribution in [3.8, 4) is 0 Å². The maximum absolute atomic E-state index is 12.3. The van der Waals surface area contributed by atoms with Crippen LogP contribution in [0, 0.1) is 13.8 Å². The molecule has 0 aliphatic carbocycles. The minimum Gasteiger partial charge on any atom is -0.425 e. The minimum absolute atomic E-state index is 0.239. The highest BCUT2D eigenvalue weighted by Gasteiger charge is 2.34. The first kappa shape index (κ1) is 18.1. The molecule has 4 rings (SSSR count). The van der Waals surface area contributed by atoms with Gasteiger partial charge in [0.1, 0.15) is 0 Å². The van der Waals surface area contributed by atoms with Crippen LogP contribution in [-0.2, 0) is 19.4 Å². The van der Waals surface area contributed by atoms with Gasteiger partial charge < -0.3 is 4.42 Å². The Morgan fingerprint density at radius 1 is 0.929 bits per heavy atom. The lowest BCUT2D eigenvalue weighted by atomic mass is 10.1. The third-order valence-electron chi connectivity index (χ3n) is 4.80. The molecule has 0 bridgehead atoms. The normalized spacial score (nSPS) is 13.4. The standard InChI is InChI=1S/C20H21N5O3/c1-13-12-14(2)25(23-13)11-9-18-22-21-17(28-18)8-5-10-24-19(26)15-6-3-4-7-16(15)20(24)27/h3-4,6-7,12H,5,8-11H2,1-2H3. The fourth-order valence-electron chi connectivity index (χ4n) is 3.42. The Hall–Kier alpha value is -3.29. The van der Waals surface area contributed by atoms with Gasteiger partial charge in [0.2, 0.25) is 11.8 Å². The molecule has 1 aliphatic heterocycles. The van der Waals surface area contributed by atoms with Gasteiger partial charge in [0.25, 0.3) is 11.8 Å². The van der Waals surface area contributed by atoms with Crippen molar-refractivity contribution in [3.63, 3.8) is 0 Å². The summed E-state index contributed by atoms with van der Waals surface area (Å²) < 4.78 is 7.60. The van der Waals surface area contributed by atoms with Crippen LogP contribution in [0.25, 0.3) is 0 Å². The number of hydrogen-bond acceptors (Lipinski definition) is 6. The number of nitrogens with zero attached hydrogens (tertiary/aromatic N) is 5. The average Bonchev–Trinajstić information content (AvgIpc) is 3.33. The van der Waals surface area contributed by atoms with Crippen LogP contribution >= 0.6 is 0 Å². The zero-order valence-electron chi connectivity index (χ0n) is 15.9. The summed E-state index contributed by atoms with van der Waals surface area (Å²) in [7, 11) is 0. The Bertz CT molecular complexity index is 1000. The maximum Gasteiger partial charge on any atom is 0.261 e. The third kappa shape index (κ3) is 3.45. The molecule has 2 amide bonds. The van der Waals surface area contributed by atoms with Crippen molar-refractivity contribution in [2.24, 2.45) is 0 Å². The molecule has 144 valence electrons. The van der Waals surface area contributed by atoms with Crippen molar-refractivity contribution in [2.45, 2.75) is 39.7 Å². The lowest BCUT2D eigenvalue weighted by molar-refractivity contribution is 0.0651. The van der Waals surface area contributed by atoms with E-state index in [0.29, 0.717) is 55.3 Å². The Balaban J connectivity index is 1.29. The van der Waals surface area contributed by atoms with E-state index >= 15 is 0 Å². The number of amides is 2. The van der Waals surface area contributed by atoms with Crippen molar-refractivity contribution in [3.05, 3.63) is 64.6 Å². The predicted octanol–water partition coefficient (Wildman–Crippen LogP) is 2.35. The van der Waals surface area contributed by atoms with Gasteiger partial charge in [-0.3, -0.25) is 19.2 Å². The van der Waals surface area contributed by atoms with Gasteiger partial charge in [0.15, 0.2) is 0 Å². The number of aromatic nitrogens is 4. The predicted molar refractivity (Wildman–Crippen MR) is 99.8 cm³/mol. The second-order valence-corrected chi connectivity index (χ2v) is 6.90. The maximum atomic E-state index is 12.3. The van der Waals surface area contributed by atoms with E-state index in [4.69, 9.17) is 4.42 Å². The molecule has 3 heterocycles. The van der Waals surface area contributed by atoms with E-state index in [1.165, 1.54) is 4.90 Å². The van der Waals surface area contributed by atoms with Gasteiger partial charge in [-0.25, -0.2) is 0 Å². The largest absolute Gasteiger partial charge is 0.425 e. The first-order chi connectivity index (χ1) is 13.5. The summed E-state index contributed by atoms with van der Waals surface area (Å²) in [5, 5.41) is 12.6. The SMILES string of the molecule is Cc1cc(C)n(CCc2nnc(CCCN3C(=O)c4ccccc4C3=O)o2)n1. The van der Waals surface area contributed by atoms with E-state index in [0.717, 1.165) is 11.4 Å². The molecule has 2 aromatic heterocycles. The molecule has 0 fully saturated rings. The zero-order valence-corrected chi connectivity index (χ0v) is 15.9. The van der Waals surface area contributed by atoms with Crippen LogP contribution in [0.1, 0.15) is 50.3 Å². The highest BCUT2D eigenvalue weighted by atomic mass is 16.4. The number of imide groups is 1. The number of fused-ring (bicyclic) bond motifs is 1. The Morgan fingerprint density at radius 2 is 1.57 bits per heavy atom. The lowest BCUT2D eigenvalue weighted by Gasteiger charge is -2.12. The molecule has 0 N–H and O–H groups in total. The number of hydrogen-bond donors (Lipinski definition) is 0. The molecule has 8 nitrogen and oxygen atoms in total. The summed E-state index contributed by atoms with van der Waals surface area (Å²) in [6, 6.07) is 8.92. The molecule has 1 aliphatic rings.